The lowest BCUT2D eigenvalue weighted by molar-refractivity contribution is 0.0309. The number of hydrogen-bond acceptors (Lipinski definition) is 6. The number of ether oxygens (including phenoxy) is 3. The quantitative estimate of drug-likeness (QED) is 0.208. The lowest BCUT2D eigenvalue weighted by Crippen LogP contribution is -2.39. The minimum atomic E-state index is -0.147. The number of fused-ring (bicyclic) bond motifs is 1. The Morgan fingerprint density at radius 2 is 1.26 bits per heavy atom. The Kier molecular flexibility index (Phi) is 13.5. The van der Waals surface area contributed by atoms with E-state index in [0.29, 0.717) is 5.75 Å². The van der Waals surface area contributed by atoms with E-state index in [0.717, 1.165) is 125 Å². The second kappa shape index (κ2) is 16.8. The fourth-order valence-electron chi connectivity index (χ4n) is 7.40. The van der Waals surface area contributed by atoms with E-state index in [1.54, 1.807) is 0 Å². The van der Waals surface area contributed by atoms with E-state index in [9.17, 15) is 5.11 Å². The molecule has 3 aliphatic rings. The number of phenolic OH excluding ortho intramolecular Hbond substituents is 1. The van der Waals surface area contributed by atoms with Crippen LogP contribution in [0.4, 0.5) is 0 Å². The molecule has 1 N–H and O–H groups in total. The molecule has 6 nitrogen and oxygen atoms in total. The third kappa shape index (κ3) is 10.3. The highest BCUT2D eigenvalue weighted by atomic mass is 16.5. The molecule has 3 aliphatic heterocycles. The van der Waals surface area contributed by atoms with Gasteiger partial charge < -0.3 is 19.3 Å². The second-order valence-corrected chi connectivity index (χ2v) is 14.9. The van der Waals surface area contributed by atoms with Gasteiger partial charge in [-0.15, -0.1) is 0 Å². The van der Waals surface area contributed by atoms with Crippen molar-refractivity contribution in [1.82, 2.24) is 9.80 Å². The molecule has 0 bridgehead atoms. The van der Waals surface area contributed by atoms with Gasteiger partial charge in [-0.05, 0) is 62.8 Å². The Morgan fingerprint density at radius 3 is 1.81 bits per heavy atom. The van der Waals surface area contributed by atoms with Crippen molar-refractivity contribution in [3.05, 3.63) is 22.3 Å². The van der Waals surface area contributed by atoms with Crippen LogP contribution in [0.5, 0.6) is 11.5 Å². The molecule has 4 rings (SSSR count). The number of phenols is 1. The van der Waals surface area contributed by atoms with E-state index in [-0.39, 0.29) is 5.60 Å². The maximum absolute atomic E-state index is 11.7. The van der Waals surface area contributed by atoms with Crippen molar-refractivity contribution in [3.63, 3.8) is 0 Å². The van der Waals surface area contributed by atoms with Crippen LogP contribution in [-0.2, 0) is 29.0 Å². The van der Waals surface area contributed by atoms with Gasteiger partial charge in [-0.3, -0.25) is 9.80 Å². The van der Waals surface area contributed by atoms with Crippen molar-refractivity contribution in [3.8, 4) is 11.5 Å². The molecule has 0 unspecified atom stereocenters. The zero-order valence-corrected chi connectivity index (χ0v) is 28.6. The van der Waals surface area contributed by atoms with Crippen LogP contribution >= 0.6 is 0 Å². The van der Waals surface area contributed by atoms with E-state index < -0.39 is 0 Å². The third-order valence-electron chi connectivity index (χ3n) is 10.5. The summed E-state index contributed by atoms with van der Waals surface area (Å²) in [6.07, 6.45) is 13.8. The van der Waals surface area contributed by atoms with Gasteiger partial charge in [0.1, 0.15) is 17.1 Å². The van der Waals surface area contributed by atoms with Gasteiger partial charge >= 0.3 is 0 Å². The summed E-state index contributed by atoms with van der Waals surface area (Å²) < 4.78 is 18.2. The van der Waals surface area contributed by atoms with Crippen LogP contribution in [0.15, 0.2) is 0 Å². The van der Waals surface area contributed by atoms with Crippen LogP contribution in [0.2, 0.25) is 0 Å². The normalized spacial score (nSPS) is 23.2. The maximum atomic E-state index is 11.7. The minimum absolute atomic E-state index is 0.147. The van der Waals surface area contributed by atoms with E-state index in [1.807, 2.05) is 0 Å². The zero-order valence-electron chi connectivity index (χ0n) is 28.6. The van der Waals surface area contributed by atoms with Crippen LogP contribution in [-0.4, -0.2) is 73.1 Å². The molecule has 0 radical (unpaired) electrons. The molecular formula is C37H64N2O4. The topological polar surface area (TPSA) is 54.4 Å². The van der Waals surface area contributed by atoms with Crippen molar-refractivity contribution in [2.45, 2.75) is 131 Å². The lowest BCUT2D eigenvalue weighted by atomic mass is 9.83. The summed E-state index contributed by atoms with van der Waals surface area (Å²) in [4.78, 5) is 4.83. The average molecular weight is 601 g/mol. The van der Waals surface area contributed by atoms with E-state index >= 15 is 0 Å². The number of hydrogen-bond donors (Lipinski definition) is 1. The van der Waals surface area contributed by atoms with Crippen LogP contribution in [0.25, 0.3) is 0 Å². The van der Waals surface area contributed by atoms with Gasteiger partial charge in [-0.1, -0.05) is 72.6 Å². The van der Waals surface area contributed by atoms with Gasteiger partial charge in [0.2, 0.25) is 0 Å². The molecule has 0 spiro atoms. The SMILES string of the molecule is Cc1c(CN2CCOCC2)c(O)c(CN2CCOCC2)c2c1O[C@](C)(CCC[C@H](C)CCC[C@H](C)CCCC(C)C)CC2. The Hall–Kier alpha value is -1.34. The van der Waals surface area contributed by atoms with E-state index in [2.05, 4.69) is 51.3 Å². The van der Waals surface area contributed by atoms with Gasteiger partial charge in [0, 0.05) is 56.0 Å². The lowest BCUT2D eigenvalue weighted by Gasteiger charge is -2.40. The summed E-state index contributed by atoms with van der Waals surface area (Å²) in [5, 5.41) is 11.7. The Labute approximate surface area is 263 Å². The third-order valence-corrected chi connectivity index (χ3v) is 10.5. The summed E-state index contributed by atoms with van der Waals surface area (Å²) >= 11 is 0. The highest BCUT2D eigenvalue weighted by Crippen LogP contribution is 2.46. The number of aromatic hydroxyl groups is 1. The molecule has 1 aromatic carbocycles. The summed E-state index contributed by atoms with van der Waals surface area (Å²) in [7, 11) is 0. The number of nitrogens with zero attached hydrogens (tertiary/aromatic N) is 2. The van der Waals surface area contributed by atoms with Crippen LogP contribution in [0.1, 0.15) is 121 Å². The number of benzene rings is 1. The predicted octanol–water partition coefficient (Wildman–Crippen LogP) is 7.89. The molecular weight excluding hydrogens is 536 g/mol. The van der Waals surface area contributed by atoms with Gasteiger partial charge in [0.25, 0.3) is 0 Å². The molecule has 0 amide bonds. The van der Waals surface area contributed by atoms with Gasteiger partial charge in [0.15, 0.2) is 0 Å². The Balaban J connectivity index is 1.36. The molecule has 3 heterocycles. The molecule has 43 heavy (non-hydrogen) atoms. The fourth-order valence-corrected chi connectivity index (χ4v) is 7.40. The largest absolute Gasteiger partial charge is 0.507 e. The Morgan fingerprint density at radius 1 is 0.744 bits per heavy atom. The van der Waals surface area contributed by atoms with Crippen molar-refractivity contribution < 1.29 is 19.3 Å². The summed E-state index contributed by atoms with van der Waals surface area (Å²) in [6.45, 7) is 22.3. The number of rotatable bonds is 16. The van der Waals surface area contributed by atoms with Crippen molar-refractivity contribution >= 4 is 0 Å². The summed E-state index contributed by atoms with van der Waals surface area (Å²) in [6, 6.07) is 0. The van der Waals surface area contributed by atoms with Crippen LogP contribution < -0.4 is 4.74 Å². The fraction of sp³-hybridized carbons (Fsp3) is 0.838. The molecule has 2 fully saturated rings. The van der Waals surface area contributed by atoms with E-state index in [4.69, 9.17) is 14.2 Å². The number of morpholine rings is 2. The first kappa shape index (κ1) is 34.5. The predicted molar refractivity (Wildman–Crippen MR) is 177 cm³/mol. The average Bonchev–Trinajstić information content (AvgIpc) is 2.98. The standard InChI is InChI=1S/C37H64N2O4/c1-28(2)10-7-11-29(3)12-8-13-30(4)14-9-16-37(6)17-15-32-34(27-39-20-24-42-25-21-39)35(40)33(31(5)36(32)43-37)26-38-18-22-41-23-19-38/h28-30,40H,7-27H2,1-6H3/t29-,30-,37-/m1/s1. The van der Waals surface area contributed by atoms with Crippen LogP contribution in [0.3, 0.4) is 0 Å². The smallest absolute Gasteiger partial charge is 0.127 e. The maximum Gasteiger partial charge on any atom is 0.127 e. The molecule has 6 heteroatoms. The molecule has 0 aliphatic carbocycles. The first-order valence-corrected chi connectivity index (χ1v) is 17.8. The molecule has 3 atom stereocenters. The van der Waals surface area contributed by atoms with Crippen molar-refractivity contribution in [2.24, 2.45) is 17.8 Å². The van der Waals surface area contributed by atoms with Crippen molar-refractivity contribution in [1.29, 1.82) is 0 Å². The summed E-state index contributed by atoms with van der Waals surface area (Å²) in [5.74, 6) is 4.02. The first-order valence-electron chi connectivity index (χ1n) is 17.8. The first-order chi connectivity index (χ1) is 20.6. The minimum Gasteiger partial charge on any atom is -0.507 e. The van der Waals surface area contributed by atoms with Gasteiger partial charge in [-0.2, -0.15) is 0 Å². The molecule has 1 aromatic rings. The van der Waals surface area contributed by atoms with Crippen molar-refractivity contribution in [2.75, 3.05) is 52.6 Å². The highest BCUT2D eigenvalue weighted by molar-refractivity contribution is 5.59. The monoisotopic (exact) mass is 600 g/mol. The van der Waals surface area contributed by atoms with Gasteiger partial charge in [0.05, 0.1) is 26.4 Å². The molecule has 246 valence electrons. The zero-order chi connectivity index (χ0) is 30.8. The molecule has 0 saturated carbocycles. The molecule has 0 aromatic heterocycles. The molecule has 2 saturated heterocycles. The van der Waals surface area contributed by atoms with Gasteiger partial charge in [-0.25, -0.2) is 0 Å². The Bertz CT molecular complexity index is 986. The van der Waals surface area contributed by atoms with E-state index in [1.165, 1.54) is 56.9 Å². The van der Waals surface area contributed by atoms with Crippen LogP contribution in [0, 0.1) is 24.7 Å². The second-order valence-electron chi connectivity index (χ2n) is 14.9. The summed E-state index contributed by atoms with van der Waals surface area (Å²) in [5.41, 5.74) is 4.35. The highest BCUT2D eigenvalue weighted by Gasteiger charge is 2.36.